The molecule has 0 aliphatic carbocycles. The fraction of sp³-hybridized carbons (Fsp3) is 0.571. The fourth-order valence-electron chi connectivity index (χ4n) is 1.88. The number of unbranched alkanes of at least 4 members (excludes halogenated alkanes) is 3. The lowest BCUT2D eigenvalue weighted by Gasteiger charge is -2.21. The van der Waals surface area contributed by atoms with Crippen LogP contribution in [0.15, 0.2) is 24.3 Å². The standard InChI is InChI=1S/C14H23NOS/c1-15(11-7-3-4-8-12-17)13-9-5-6-10-14(13)16-2/h5-6,9-10,17H,3-4,7-8,11-12H2,1-2H3. The third-order valence-electron chi connectivity index (χ3n) is 2.90. The van der Waals surface area contributed by atoms with Gasteiger partial charge in [0, 0.05) is 13.6 Å². The molecule has 0 saturated heterocycles. The second kappa shape index (κ2) is 8.29. The van der Waals surface area contributed by atoms with Crippen LogP contribution in [-0.4, -0.2) is 26.5 Å². The lowest BCUT2D eigenvalue weighted by atomic mass is 10.2. The molecule has 0 heterocycles. The Labute approximate surface area is 110 Å². The van der Waals surface area contributed by atoms with Crippen molar-refractivity contribution in [3.8, 4) is 5.75 Å². The summed E-state index contributed by atoms with van der Waals surface area (Å²) in [4.78, 5) is 2.26. The van der Waals surface area contributed by atoms with Crippen LogP contribution in [-0.2, 0) is 0 Å². The molecular weight excluding hydrogens is 230 g/mol. The van der Waals surface area contributed by atoms with Crippen molar-refractivity contribution in [2.45, 2.75) is 25.7 Å². The average molecular weight is 253 g/mol. The fourth-order valence-corrected chi connectivity index (χ4v) is 2.10. The highest BCUT2D eigenvalue weighted by Gasteiger charge is 2.06. The number of benzene rings is 1. The van der Waals surface area contributed by atoms with E-state index < -0.39 is 0 Å². The summed E-state index contributed by atoms with van der Waals surface area (Å²) >= 11 is 4.22. The van der Waals surface area contributed by atoms with Crippen LogP contribution in [0.25, 0.3) is 0 Å². The summed E-state index contributed by atoms with van der Waals surface area (Å²) < 4.78 is 5.36. The van der Waals surface area contributed by atoms with Crippen LogP contribution in [0, 0.1) is 0 Å². The van der Waals surface area contributed by atoms with Gasteiger partial charge in [0.1, 0.15) is 5.75 Å². The number of ether oxygens (including phenoxy) is 1. The van der Waals surface area contributed by atoms with E-state index in [2.05, 4.69) is 36.7 Å². The molecule has 2 nitrogen and oxygen atoms in total. The van der Waals surface area contributed by atoms with Gasteiger partial charge in [0.2, 0.25) is 0 Å². The van der Waals surface area contributed by atoms with E-state index in [0.29, 0.717) is 0 Å². The number of nitrogens with zero attached hydrogens (tertiary/aromatic N) is 1. The monoisotopic (exact) mass is 253 g/mol. The quantitative estimate of drug-likeness (QED) is 0.561. The molecule has 0 aliphatic heterocycles. The molecule has 1 aromatic rings. The van der Waals surface area contributed by atoms with Gasteiger partial charge in [-0.25, -0.2) is 0 Å². The summed E-state index contributed by atoms with van der Waals surface area (Å²) in [7, 11) is 3.84. The molecule has 0 unspecified atom stereocenters. The molecule has 96 valence electrons. The number of hydrogen-bond acceptors (Lipinski definition) is 3. The highest BCUT2D eigenvalue weighted by atomic mass is 32.1. The lowest BCUT2D eigenvalue weighted by Crippen LogP contribution is -2.19. The Kier molecular flexibility index (Phi) is 6.94. The van der Waals surface area contributed by atoms with Gasteiger partial charge in [-0.1, -0.05) is 25.0 Å². The van der Waals surface area contributed by atoms with Crippen molar-refractivity contribution >= 4 is 18.3 Å². The van der Waals surface area contributed by atoms with Gasteiger partial charge >= 0.3 is 0 Å². The summed E-state index contributed by atoms with van der Waals surface area (Å²) in [6, 6.07) is 8.16. The highest BCUT2D eigenvalue weighted by Crippen LogP contribution is 2.26. The van der Waals surface area contributed by atoms with Crippen LogP contribution in [0.3, 0.4) is 0 Å². The van der Waals surface area contributed by atoms with E-state index in [1.54, 1.807) is 7.11 Å². The number of thiol groups is 1. The van der Waals surface area contributed by atoms with E-state index in [-0.39, 0.29) is 0 Å². The zero-order chi connectivity index (χ0) is 12.5. The normalized spacial score (nSPS) is 10.3. The second-order valence-corrected chi connectivity index (χ2v) is 4.68. The maximum atomic E-state index is 5.36. The van der Waals surface area contributed by atoms with E-state index in [1.807, 2.05) is 12.1 Å². The third-order valence-corrected chi connectivity index (χ3v) is 3.21. The Morgan fingerprint density at radius 2 is 1.82 bits per heavy atom. The van der Waals surface area contributed by atoms with Gasteiger partial charge in [0.25, 0.3) is 0 Å². The predicted octanol–water partition coefficient (Wildman–Crippen LogP) is 3.62. The molecule has 0 N–H and O–H groups in total. The van der Waals surface area contributed by atoms with Crippen LogP contribution in [0.2, 0.25) is 0 Å². The van der Waals surface area contributed by atoms with Gasteiger partial charge in [-0.05, 0) is 30.7 Å². The topological polar surface area (TPSA) is 12.5 Å². The number of rotatable bonds is 8. The van der Waals surface area contributed by atoms with Crippen molar-refractivity contribution in [1.82, 2.24) is 0 Å². The van der Waals surface area contributed by atoms with Crippen LogP contribution in [0.4, 0.5) is 5.69 Å². The highest BCUT2D eigenvalue weighted by molar-refractivity contribution is 7.80. The minimum atomic E-state index is 0.949. The molecule has 1 rings (SSSR count). The van der Waals surface area contributed by atoms with Crippen LogP contribution in [0.5, 0.6) is 5.75 Å². The van der Waals surface area contributed by atoms with Crippen LogP contribution in [0.1, 0.15) is 25.7 Å². The molecule has 1 aromatic carbocycles. The van der Waals surface area contributed by atoms with Crippen molar-refractivity contribution in [1.29, 1.82) is 0 Å². The number of anilines is 1. The molecule has 0 spiro atoms. The summed E-state index contributed by atoms with van der Waals surface area (Å²) in [5.74, 6) is 1.95. The number of para-hydroxylation sites is 2. The molecular formula is C14H23NOS. The lowest BCUT2D eigenvalue weighted by molar-refractivity contribution is 0.414. The van der Waals surface area contributed by atoms with E-state index in [9.17, 15) is 0 Å². The first-order valence-electron chi connectivity index (χ1n) is 6.24. The minimum Gasteiger partial charge on any atom is -0.495 e. The Bertz CT molecular complexity index is 317. The zero-order valence-electron chi connectivity index (χ0n) is 10.9. The third kappa shape index (κ3) is 4.90. The van der Waals surface area contributed by atoms with E-state index >= 15 is 0 Å². The van der Waals surface area contributed by atoms with Crippen LogP contribution >= 0.6 is 12.6 Å². The molecule has 0 amide bonds. The maximum absolute atomic E-state index is 5.36. The Hall–Kier alpha value is -0.830. The smallest absolute Gasteiger partial charge is 0.142 e. The first kappa shape index (κ1) is 14.2. The molecule has 0 radical (unpaired) electrons. The van der Waals surface area contributed by atoms with Gasteiger partial charge in [-0.2, -0.15) is 12.6 Å². The van der Waals surface area contributed by atoms with E-state index in [1.165, 1.54) is 31.4 Å². The number of methoxy groups -OCH3 is 1. The zero-order valence-corrected chi connectivity index (χ0v) is 11.7. The SMILES string of the molecule is COc1ccccc1N(C)CCCCCCS. The maximum Gasteiger partial charge on any atom is 0.142 e. The van der Waals surface area contributed by atoms with Crippen molar-refractivity contribution < 1.29 is 4.74 Å². The summed E-state index contributed by atoms with van der Waals surface area (Å²) in [5.41, 5.74) is 1.17. The number of hydrogen-bond donors (Lipinski definition) is 1. The molecule has 3 heteroatoms. The van der Waals surface area contributed by atoms with Crippen LogP contribution < -0.4 is 9.64 Å². The van der Waals surface area contributed by atoms with Gasteiger partial charge in [-0.3, -0.25) is 0 Å². The summed E-state index contributed by atoms with van der Waals surface area (Å²) in [6.45, 7) is 1.08. The van der Waals surface area contributed by atoms with Gasteiger partial charge in [-0.15, -0.1) is 0 Å². The van der Waals surface area contributed by atoms with Gasteiger partial charge in [0.15, 0.2) is 0 Å². The Balaban J connectivity index is 2.38. The van der Waals surface area contributed by atoms with Crippen molar-refractivity contribution in [2.24, 2.45) is 0 Å². The molecule has 17 heavy (non-hydrogen) atoms. The molecule has 0 atom stereocenters. The van der Waals surface area contributed by atoms with Crippen molar-refractivity contribution in [3.05, 3.63) is 24.3 Å². The summed E-state index contributed by atoms with van der Waals surface area (Å²) in [5, 5.41) is 0. The van der Waals surface area contributed by atoms with E-state index in [4.69, 9.17) is 4.74 Å². The van der Waals surface area contributed by atoms with Gasteiger partial charge < -0.3 is 9.64 Å². The molecule has 0 aliphatic rings. The minimum absolute atomic E-state index is 0.949. The average Bonchev–Trinajstić information content (AvgIpc) is 2.38. The molecule has 0 bridgehead atoms. The summed E-state index contributed by atoms with van der Waals surface area (Å²) in [6.07, 6.45) is 5.01. The molecule has 0 saturated carbocycles. The van der Waals surface area contributed by atoms with Crippen molar-refractivity contribution in [3.63, 3.8) is 0 Å². The van der Waals surface area contributed by atoms with E-state index in [0.717, 1.165) is 18.0 Å². The molecule has 0 aromatic heterocycles. The van der Waals surface area contributed by atoms with Gasteiger partial charge in [0.05, 0.1) is 12.8 Å². The Morgan fingerprint density at radius 1 is 1.12 bits per heavy atom. The predicted molar refractivity (Wildman–Crippen MR) is 78.6 cm³/mol. The molecule has 0 fully saturated rings. The van der Waals surface area contributed by atoms with Crippen molar-refractivity contribution in [2.75, 3.05) is 31.4 Å². The second-order valence-electron chi connectivity index (χ2n) is 4.23. The first-order chi connectivity index (χ1) is 8.29. The Morgan fingerprint density at radius 3 is 2.53 bits per heavy atom. The first-order valence-corrected chi connectivity index (χ1v) is 6.88. The largest absolute Gasteiger partial charge is 0.495 e.